The zero-order chi connectivity index (χ0) is 13.4. The molecule has 5 nitrogen and oxygen atoms in total. The molecule has 2 aliphatic heterocycles. The van der Waals surface area contributed by atoms with E-state index >= 15 is 0 Å². The summed E-state index contributed by atoms with van der Waals surface area (Å²) in [5.41, 5.74) is 0.226. The molecule has 2 heterocycles. The number of hydrogen-bond donors (Lipinski definition) is 2. The van der Waals surface area contributed by atoms with Crippen molar-refractivity contribution >= 4 is 11.4 Å². The standard InChI is InChI=1S/C13H16FN3O2/c14-8-1-4-12(13(5-8)17(18)19)16-11-6-9-2-3-10(7-11)15-9/h1,4-5,9-11,15-16H,2-3,6-7H2/t9-,10+,11?. The smallest absolute Gasteiger partial charge is 0.295 e. The maximum Gasteiger partial charge on any atom is 0.295 e. The average molecular weight is 265 g/mol. The second kappa shape index (κ2) is 4.77. The molecule has 0 aromatic heterocycles. The molecule has 2 N–H and O–H groups in total. The van der Waals surface area contributed by atoms with E-state index in [1.165, 1.54) is 25.0 Å². The van der Waals surface area contributed by atoms with E-state index < -0.39 is 10.7 Å². The topological polar surface area (TPSA) is 67.2 Å². The average Bonchev–Trinajstić information content (AvgIpc) is 2.71. The number of fused-ring (bicyclic) bond motifs is 2. The van der Waals surface area contributed by atoms with Gasteiger partial charge >= 0.3 is 0 Å². The zero-order valence-electron chi connectivity index (χ0n) is 10.4. The molecule has 6 heteroatoms. The predicted molar refractivity (Wildman–Crippen MR) is 69.6 cm³/mol. The highest BCUT2D eigenvalue weighted by Crippen LogP contribution is 2.31. The van der Waals surface area contributed by atoms with Gasteiger partial charge in [-0.1, -0.05) is 0 Å². The fourth-order valence-corrected chi connectivity index (χ4v) is 3.17. The minimum atomic E-state index is -0.581. The lowest BCUT2D eigenvalue weighted by Gasteiger charge is -2.30. The minimum absolute atomic E-state index is 0.189. The number of nitro benzene ring substituents is 1. The summed E-state index contributed by atoms with van der Waals surface area (Å²) in [4.78, 5) is 10.4. The number of rotatable bonds is 3. The highest BCUT2D eigenvalue weighted by molar-refractivity contribution is 5.61. The fourth-order valence-electron chi connectivity index (χ4n) is 3.17. The van der Waals surface area contributed by atoms with Crippen LogP contribution in [-0.4, -0.2) is 23.0 Å². The van der Waals surface area contributed by atoms with Crippen LogP contribution in [0.5, 0.6) is 0 Å². The van der Waals surface area contributed by atoms with Crippen molar-refractivity contribution in [3.05, 3.63) is 34.1 Å². The zero-order valence-corrected chi connectivity index (χ0v) is 10.4. The molecular formula is C13H16FN3O2. The number of hydrogen-bond acceptors (Lipinski definition) is 4. The van der Waals surface area contributed by atoms with Gasteiger partial charge in [0.1, 0.15) is 11.5 Å². The van der Waals surface area contributed by atoms with Crippen LogP contribution in [0.2, 0.25) is 0 Å². The van der Waals surface area contributed by atoms with Crippen LogP contribution in [0.1, 0.15) is 25.7 Å². The van der Waals surface area contributed by atoms with Crippen molar-refractivity contribution in [3.8, 4) is 0 Å². The van der Waals surface area contributed by atoms with E-state index in [0.29, 0.717) is 17.8 Å². The van der Waals surface area contributed by atoms with Gasteiger partial charge in [0.05, 0.1) is 11.0 Å². The van der Waals surface area contributed by atoms with Gasteiger partial charge in [0.15, 0.2) is 0 Å². The Morgan fingerprint density at radius 1 is 1.32 bits per heavy atom. The van der Waals surface area contributed by atoms with Crippen LogP contribution < -0.4 is 10.6 Å². The molecule has 102 valence electrons. The predicted octanol–water partition coefficient (Wildman–Crippen LogP) is 2.43. The minimum Gasteiger partial charge on any atom is -0.377 e. The molecule has 2 aliphatic rings. The van der Waals surface area contributed by atoms with E-state index in [0.717, 1.165) is 18.9 Å². The van der Waals surface area contributed by atoms with Crippen molar-refractivity contribution in [2.75, 3.05) is 5.32 Å². The van der Waals surface area contributed by atoms with Gasteiger partial charge in [-0.05, 0) is 37.8 Å². The highest BCUT2D eigenvalue weighted by Gasteiger charge is 2.34. The number of nitrogens with one attached hydrogen (secondary N) is 2. The maximum atomic E-state index is 13.1. The summed E-state index contributed by atoms with van der Waals surface area (Å²) >= 11 is 0. The summed E-state index contributed by atoms with van der Waals surface area (Å²) < 4.78 is 13.1. The summed E-state index contributed by atoms with van der Waals surface area (Å²) in [6.07, 6.45) is 4.28. The Balaban J connectivity index is 1.78. The van der Waals surface area contributed by atoms with E-state index in [1.54, 1.807) is 0 Å². The molecule has 1 aromatic rings. The lowest BCUT2D eigenvalue weighted by Crippen LogP contribution is -2.43. The number of nitro groups is 1. The quantitative estimate of drug-likeness (QED) is 0.650. The third kappa shape index (κ3) is 2.53. The molecule has 3 rings (SSSR count). The van der Waals surface area contributed by atoms with Crippen molar-refractivity contribution in [1.29, 1.82) is 0 Å². The van der Waals surface area contributed by atoms with E-state index in [4.69, 9.17) is 0 Å². The SMILES string of the molecule is O=[N+]([O-])c1cc(F)ccc1NC1C[C@H]2CC[C@@H](C1)N2. The van der Waals surface area contributed by atoms with Gasteiger partial charge in [-0.3, -0.25) is 10.1 Å². The Labute approximate surface area is 110 Å². The van der Waals surface area contributed by atoms with Crippen LogP contribution in [-0.2, 0) is 0 Å². The summed E-state index contributed by atoms with van der Waals surface area (Å²) in [7, 11) is 0. The molecule has 0 radical (unpaired) electrons. The number of piperidine rings is 1. The van der Waals surface area contributed by atoms with Crippen LogP contribution in [0.25, 0.3) is 0 Å². The summed E-state index contributed by atoms with van der Waals surface area (Å²) in [5, 5.41) is 17.7. The normalized spacial score (nSPS) is 29.2. The van der Waals surface area contributed by atoms with Gasteiger partial charge in [-0.2, -0.15) is 0 Å². The van der Waals surface area contributed by atoms with Crippen LogP contribution in [0.4, 0.5) is 15.8 Å². The Kier molecular flexibility index (Phi) is 3.10. The van der Waals surface area contributed by atoms with Gasteiger partial charge in [0, 0.05) is 18.1 Å². The number of halogens is 1. The Hall–Kier alpha value is -1.69. The molecule has 0 spiro atoms. The van der Waals surface area contributed by atoms with Crippen molar-refractivity contribution in [2.45, 2.75) is 43.8 Å². The third-order valence-corrected chi connectivity index (χ3v) is 3.99. The third-order valence-electron chi connectivity index (χ3n) is 3.99. The molecule has 19 heavy (non-hydrogen) atoms. The molecule has 2 bridgehead atoms. The van der Waals surface area contributed by atoms with Gasteiger partial charge in [0.25, 0.3) is 5.69 Å². The molecule has 0 saturated carbocycles. The molecule has 3 atom stereocenters. The lowest BCUT2D eigenvalue weighted by molar-refractivity contribution is -0.384. The van der Waals surface area contributed by atoms with E-state index in [-0.39, 0.29) is 11.7 Å². The van der Waals surface area contributed by atoms with Gasteiger partial charge in [0.2, 0.25) is 0 Å². The van der Waals surface area contributed by atoms with Crippen LogP contribution in [0.3, 0.4) is 0 Å². The van der Waals surface area contributed by atoms with Crippen molar-refractivity contribution in [2.24, 2.45) is 0 Å². The first-order chi connectivity index (χ1) is 9.11. The van der Waals surface area contributed by atoms with E-state index in [9.17, 15) is 14.5 Å². The van der Waals surface area contributed by atoms with Gasteiger partial charge < -0.3 is 10.6 Å². The van der Waals surface area contributed by atoms with Crippen molar-refractivity contribution in [3.63, 3.8) is 0 Å². The first-order valence-electron chi connectivity index (χ1n) is 6.58. The number of nitrogens with zero attached hydrogens (tertiary/aromatic N) is 1. The van der Waals surface area contributed by atoms with Crippen molar-refractivity contribution < 1.29 is 9.31 Å². The fraction of sp³-hybridized carbons (Fsp3) is 0.538. The lowest BCUT2D eigenvalue weighted by atomic mass is 9.99. The molecule has 1 aromatic carbocycles. The van der Waals surface area contributed by atoms with Crippen LogP contribution in [0, 0.1) is 15.9 Å². The largest absolute Gasteiger partial charge is 0.377 e. The van der Waals surface area contributed by atoms with Gasteiger partial charge in [-0.25, -0.2) is 4.39 Å². The number of anilines is 1. The molecule has 0 amide bonds. The highest BCUT2D eigenvalue weighted by atomic mass is 19.1. The van der Waals surface area contributed by atoms with E-state index in [1.807, 2.05) is 0 Å². The van der Waals surface area contributed by atoms with Gasteiger partial charge in [-0.15, -0.1) is 0 Å². The second-order valence-electron chi connectivity index (χ2n) is 5.37. The maximum absolute atomic E-state index is 13.1. The van der Waals surface area contributed by atoms with Crippen molar-refractivity contribution in [1.82, 2.24) is 5.32 Å². The summed E-state index contributed by atoms with van der Waals surface area (Å²) in [6.45, 7) is 0. The first-order valence-corrected chi connectivity index (χ1v) is 6.58. The molecule has 1 unspecified atom stereocenters. The molecule has 0 aliphatic carbocycles. The second-order valence-corrected chi connectivity index (χ2v) is 5.37. The van der Waals surface area contributed by atoms with Crippen LogP contribution in [0.15, 0.2) is 18.2 Å². The molecule has 2 fully saturated rings. The molecular weight excluding hydrogens is 249 g/mol. The monoisotopic (exact) mass is 265 g/mol. The number of benzene rings is 1. The summed E-state index contributed by atoms with van der Waals surface area (Å²) in [6, 6.07) is 4.93. The Morgan fingerprint density at radius 3 is 2.63 bits per heavy atom. The first kappa shape index (κ1) is 12.3. The Bertz CT molecular complexity index is 497. The van der Waals surface area contributed by atoms with Crippen LogP contribution >= 0.6 is 0 Å². The van der Waals surface area contributed by atoms with E-state index in [2.05, 4.69) is 10.6 Å². The Morgan fingerprint density at radius 2 is 2.00 bits per heavy atom. The summed E-state index contributed by atoms with van der Waals surface area (Å²) in [5.74, 6) is -0.581. The molecule has 2 saturated heterocycles.